The van der Waals surface area contributed by atoms with E-state index >= 15 is 0 Å². The van der Waals surface area contributed by atoms with E-state index in [0.717, 1.165) is 30.9 Å². The third-order valence-electron chi connectivity index (χ3n) is 2.91. The highest BCUT2D eigenvalue weighted by Gasteiger charge is 2.26. The van der Waals surface area contributed by atoms with Gasteiger partial charge in [0, 0.05) is 24.4 Å². The Morgan fingerprint density at radius 3 is 3.00 bits per heavy atom. The van der Waals surface area contributed by atoms with Crippen molar-refractivity contribution in [2.45, 2.75) is 19.4 Å². The van der Waals surface area contributed by atoms with Crippen molar-refractivity contribution < 1.29 is 4.74 Å². The molecule has 0 spiro atoms. The predicted molar refractivity (Wildman–Crippen MR) is 58.0 cm³/mol. The molecule has 0 radical (unpaired) electrons. The molecular weight excluding hydrogens is 190 g/mol. The van der Waals surface area contributed by atoms with Crippen molar-refractivity contribution in [3.05, 3.63) is 29.6 Å². The SMILES string of the molecule is Cc1ccc(C(NN)C2CCOC2)cn1. The number of pyridine rings is 1. The number of ether oxygens (including phenoxy) is 1. The van der Waals surface area contributed by atoms with Crippen molar-refractivity contribution in [1.82, 2.24) is 10.4 Å². The molecule has 2 rings (SSSR count). The van der Waals surface area contributed by atoms with Crippen LogP contribution in [0.2, 0.25) is 0 Å². The molecule has 2 heterocycles. The van der Waals surface area contributed by atoms with E-state index < -0.39 is 0 Å². The lowest BCUT2D eigenvalue weighted by atomic mass is 9.94. The average molecular weight is 207 g/mol. The van der Waals surface area contributed by atoms with Crippen LogP contribution in [0.15, 0.2) is 18.3 Å². The zero-order valence-electron chi connectivity index (χ0n) is 8.94. The smallest absolute Gasteiger partial charge is 0.0526 e. The molecule has 4 nitrogen and oxygen atoms in total. The Balaban J connectivity index is 2.14. The van der Waals surface area contributed by atoms with Gasteiger partial charge >= 0.3 is 0 Å². The van der Waals surface area contributed by atoms with Crippen LogP contribution in [0.1, 0.15) is 23.7 Å². The van der Waals surface area contributed by atoms with E-state index in [2.05, 4.69) is 16.5 Å². The third kappa shape index (κ3) is 2.34. The molecule has 1 fully saturated rings. The number of rotatable bonds is 3. The summed E-state index contributed by atoms with van der Waals surface area (Å²) >= 11 is 0. The summed E-state index contributed by atoms with van der Waals surface area (Å²) in [5.74, 6) is 6.05. The highest BCUT2D eigenvalue weighted by Crippen LogP contribution is 2.27. The van der Waals surface area contributed by atoms with Gasteiger partial charge in [0.1, 0.15) is 0 Å². The zero-order valence-corrected chi connectivity index (χ0v) is 8.94. The van der Waals surface area contributed by atoms with Gasteiger partial charge in [0.2, 0.25) is 0 Å². The van der Waals surface area contributed by atoms with E-state index in [1.54, 1.807) is 0 Å². The number of aromatic nitrogens is 1. The molecule has 82 valence electrons. The highest BCUT2D eigenvalue weighted by molar-refractivity contribution is 5.18. The summed E-state index contributed by atoms with van der Waals surface area (Å²) < 4.78 is 5.37. The highest BCUT2D eigenvalue weighted by atomic mass is 16.5. The van der Waals surface area contributed by atoms with Crippen LogP contribution < -0.4 is 11.3 Å². The van der Waals surface area contributed by atoms with E-state index in [9.17, 15) is 0 Å². The van der Waals surface area contributed by atoms with Crippen LogP contribution in [0.4, 0.5) is 0 Å². The van der Waals surface area contributed by atoms with Crippen LogP contribution in [-0.4, -0.2) is 18.2 Å². The van der Waals surface area contributed by atoms with Crippen LogP contribution in [0.5, 0.6) is 0 Å². The Hall–Kier alpha value is -0.970. The topological polar surface area (TPSA) is 60.2 Å². The van der Waals surface area contributed by atoms with Crippen LogP contribution in [0.3, 0.4) is 0 Å². The Morgan fingerprint density at radius 1 is 1.60 bits per heavy atom. The monoisotopic (exact) mass is 207 g/mol. The molecular formula is C11H17N3O. The number of hydrogen-bond donors (Lipinski definition) is 2. The summed E-state index contributed by atoms with van der Waals surface area (Å²) in [6.45, 7) is 3.60. The molecule has 2 atom stereocenters. The van der Waals surface area contributed by atoms with Gasteiger partial charge in [0.05, 0.1) is 12.6 Å². The molecule has 0 aliphatic carbocycles. The van der Waals surface area contributed by atoms with Gasteiger partial charge in [-0.2, -0.15) is 0 Å². The molecule has 2 unspecified atom stereocenters. The maximum absolute atomic E-state index is 5.59. The fourth-order valence-corrected chi connectivity index (χ4v) is 1.98. The summed E-state index contributed by atoms with van der Waals surface area (Å²) in [6.07, 6.45) is 2.95. The molecule has 1 saturated heterocycles. The Bertz CT molecular complexity index is 306. The second-order valence-corrected chi connectivity index (χ2v) is 4.00. The summed E-state index contributed by atoms with van der Waals surface area (Å²) in [4.78, 5) is 4.28. The van der Waals surface area contributed by atoms with Crippen molar-refractivity contribution in [1.29, 1.82) is 0 Å². The molecule has 0 saturated carbocycles. The Morgan fingerprint density at radius 2 is 2.47 bits per heavy atom. The normalized spacial score (nSPS) is 22.9. The summed E-state index contributed by atoms with van der Waals surface area (Å²) in [5, 5.41) is 0. The van der Waals surface area contributed by atoms with E-state index in [-0.39, 0.29) is 6.04 Å². The molecule has 1 aromatic heterocycles. The molecule has 0 bridgehead atoms. The van der Waals surface area contributed by atoms with Crippen LogP contribution in [0.25, 0.3) is 0 Å². The zero-order chi connectivity index (χ0) is 10.7. The summed E-state index contributed by atoms with van der Waals surface area (Å²) in [6, 6.07) is 4.24. The van der Waals surface area contributed by atoms with Crippen molar-refractivity contribution in [3.8, 4) is 0 Å². The minimum atomic E-state index is 0.153. The Kier molecular flexibility index (Phi) is 3.30. The lowest BCUT2D eigenvalue weighted by Gasteiger charge is -2.21. The van der Waals surface area contributed by atoms with Crippen molar-refractivity contribution in [2.75, 3.05) is 13.2 Å². The number of hydrazine groups is 1. The molecule has 0 aromatic carbocycles. The van der Waals surface area contributed by atoms with Crippen LogP contribution in [0, 0.1) is 12.8 Å². The second kappa shape index (κ2) is 4.70. The Labute approximate surface area is 89.8 Å². The molecule has 1 aliphatic heterocycles. The first kappa shape index (κ1) is 10.5. The molecule has 15 heavy (non-hydrogen) atoms. The van der Waals surface area contributed by atoms with Gasteiger partial charge in [-0.1, -0.05) is 6.07 Å². The summed E-state index contributed by atoms with van der Waals surface area (Å²) in [7, 11) is 0. The second-order valence-electron chi connectivity index (χ2n) is 4.00. The first-order chi connectivity index (χ1) is 7.31. The molecule has 1 aliphatic rings. The molecule has 4 heteroatoms. The van der Waals surface area contributed by atoms with Gasteiger partial charge < -0.3 is 4.74 Å². The fraction of sp³-hybridized carbons (Fsp3) is 0.545. The van der Waals surface area contributed by atoms with Crippen LogP contribution in [-0.2, 0) is 4.74 Å². The van der Waals surface area contributed by atoms with Crippen molar-refractivity contribution in [3.63, 3.8) is 0 Å². The average Bonchev–Trinajstić information content (AvgIpc) is 2.75. The quantitative estimate of drug-likeness (QED) is 0.572. The van der Waals surface area contributed by atoms with Gasteiger partial charge in [-0.3, -0.25) is 16.3 Å². The lowest BCUT2D eigenvalue weighted by molar-refractivity contribution is 0.176. The fourth-order valence-electron chi connectivity index (χ4n) is 1.98. The van der Waals surface area contributed by atoms with Gasteiger partial charge in [-0.25, -0.2) is 0 Å². The number of nitrogens with two attached hydrogens (primary N) is 1. The van der Waals surface area contributed by atoms with E-state index in [1.165, 1.54) is 0 Å². The molecule has 0 amide bonds. The predicted octanol–water partition coefficient (Wildman–Crippen LogP) is 0.931. The number of nitrogens with one attached hydrogen (secondary N) is 1. The van der Waals surface area contributed by atoms with Gasteiger partial charge in [0.15, 0.2) is 0 Å². The first-order valence-corrected chi connectivity index (χ1v) is 5.27. The van der Waals surface area contributed by atoms with Crippen LogP contribution >= 0.6 is 0 Å². The minimum absolute atomic E-state index is 0.153. The van der Waals surface area contributed by atoms with Gasteiger partial charge in [-0.05, 0) is 25.0 Å². The standard InChI is InChI=1S/C11H17N3O/c1-8-2-3-9(6-13-8)11(14-12)10-4-5-15-7-10/h2-3,6,10-11,14H,4-5,7,12H2,1H3. The lowest BCUT2D eigenvalue weighted by Crippen LogP contribution is -2.34. The van der Waals surface area contributed by atoms with E-state index in [0.29, 0.717) is 5.92 Å². The van der Waals surface area contributed by atoms with Crippen molar-refractivity contribution in [2.24, 2.45) is 11.8 Å². The maximum Gasteiger partial charge on any atom is 0.0526 e. The van der Waals surface area contributed by atoms with E-state index in [4.69, 9.17) is 10.6 Å². The molecule has 3 N–H and O–H groups in total. The largest absolute Gasteiger partial charge is 0.381 e. The third-order valence-corrected chi connectivity index (χ3v) is 2.91. The van der Waals surface area contributed by atoms with Gasteiger partial charge in [-0.15, -0.1) is 0 Å². The maximum atomic E-state index is 5.59. The number of hydrogen-bond acceptors (Lipinski definition) is 4. The first-order valence-electron chi connectivity index (χ1n) is 5.27. The number of aryl methyl sites for hydroxylation is 1. The van der Waals surface area contributed by atoms with E-state index in [1.807, 2.05) is 19.2 Å². The van der Waals surface area contributed by atoms with Crippen molar-refractivity contribution >= 4 is 0 Å². The molecule has 1 aromatic rings. The summed E-state index contributed by atoms with van der Waals surface area (Å²) in [5.41, 5.74) is 5.02. The van der Waals surface area contributed by atoms with Gasteiger partial charge in [0.25, 0.3) is 0 Å². The minimum Gasteiger partial charge on any atom is -0.381 e. The number of nitrogens with zero attached hydrogens (tertiary/aromatic N) is 1.